The molecular formula is C12H14BrFO. The minimum Gasteiger partial charge on any atom is -0.299 e. The van der Waals surface area contributed by atoms with Gasteiger partial charge >= 0.3 is 0 Å². The van der Waals surface area contributed by atoms with Gasteiger partial charge in [0, 0.05) is 5.92 Å². The van der Waals surface area contributed by atoms with Crippen molar-refractivity contribution < 1.29 is 9.18 Å². The molecule has 82 valence electrons. The van der Waals surface area contributed by atoms with Gasteiger partial charge in [-0.15, -0.1) is 0 Å². The number of carbonyl (C=O) groups is 1. The molecule has 2 atom stereocenters. The molecule has 0 N–H and O–H groups in total. The Balaban J connectivity index is 3.04. The summed E-state index contributed by atoms with van der Waals surface area (Å²) in [4.78, 5) is 10.9. The number of rotatable bonds is 3. The highest BCUT2D eigenvalue weighted by atomic mass is 79.9. The number of alkyl halides is 1. The smallest absolute Gasteiger partial charge is 0.144 e. The summed E-state index contributed by atoms with van der Waals surface area (Å²) in [5, 5.41) is 0. The molecule has 0 aliphatic heterocycles. The molecule has 2 unspecified atom stereocenters. The zero-order valence-electron chi connectivity index (χ0n) is 9.05. The lowest BCUT2D eigenvalue weighted by atomic mass is 9.94. The van der Waals surface area contributed by atoms with Crippen molar-refractivity contribution in [1.29, 1.82) is 0 Å². The van der Waals surface area contributed by atoms with Gasteiger partial charge < -0.3 is 0 Å². The van der Waals surface area contributed by atoms with Crippen LogP contribution in [0.5, 0.6) is 0 Å². The average molecular weight is 273 g/mol. The number of benzene rings is 1. The molecule has 1 nitrogen and oxygen atoms in total. The van der Waals surface area contributed by atoms with Gasteiger partial charge in [0.05, 0.1) is 4.83 Å². The summed E-state index contributed by atoms with van der Waals surface area (Å²) in [7, 11) is 0. The van der Waals surface area contributed by atoms with Crippen molar-refractivity contribution >= 4 is 21.7 Å². The van der Waals surface area contributed by atoms with Gasteiger partial charge in [-0.3, -0.25) is 4.79 Å². The van der Waals surface area contributed by atoms with Gasteiger partial charge in [0.1, 0.15) is 11.6 Å². The predicted octanol–water partition coefficient (Wildman–Crippen LogP) is 3.59. The molecule has 0 radical (unpaired) electrons. The van der Waals surface area contributed by atoms with Crippen molar-refractivity contribution in [3.8, 4) is 0 Å². The molecule has 0 heterocycles. The minimum atomic E-state index is -0.325. The number of hydrogen-bond acceptors (Lipinski definition) is 1. The fourth-order valence-corrected chi connectivity index (χ4v) is 1.81. The van der Waals surface area contributed by atoms with E-state index in [1.165, 1.54) is 13.0 Å². The van der Waals surface area contributed by atoms with Crippen LogP contribution in [-0.2, 0) is 4.79 Å². The Kier molecular flexibility index (Phi) is 4.03. The van der Waals surface area contributed by atoms with Gasteiger partial charge in [0.25, 0.3) is 0 Å². The maximum Gasteiger partial charge on any atom is 0.144 e. The third-order valence-corrected chi connectivity index (χ3v) is 3.91. The topological polar surface area (TPSA) is 17.1 Å². The van der Waals surface area contributed by atoms with Gasteiger partial charge in [0.2, 0.25) is 0 Å². The van der Waals surface area contributed by atoms with Gasteiger partial charge in [0.15, 0.2) is 0 Å². The fourth-order valence-electron chi connectivity index (χ4n) is 1.52. The third kappa shape index (κ3) is 2.88. The van der Waals surface area contributed by atoms with Crippen molar-refractivity contribution in [2.24, 2.45) is 0 Å². The average Bonchev–Trinajstić information content (AvgIpc) is 2.19. The SMILES string of the molecule is CC(=O)C(Br)C(C)c1cc(C)ccc1F. The molecule has 1 aromatic rings. The van der Waals surface area contributed by atoms with E-state index in [0.29, 0.717) is 5.56 Å². The Morgan fingerprint density at radius 1 is 1.47 bits per heavy atom. The normalized spacial score (nSPS) is 14.7. The Bertz CT molecular complexity index is 376. The zero-order chi connectivity index (χ0) is 11.6. The second-order valence-electron chi connectivity index (χ2n) is 3.83. The van der Waals surface area contributed by atoms with Crippen LogP contribution >= 0.6 is 15.9 Å². The number of hydrogen-bond donors (Lipinski definition) is 0. The zero-order valence-corrected chi connectivity index (χ0v) is 10.6. The van der Waals surface area contributed by atoms with Crippen LogP contribution in [0.2, 0.25) is 0 Å². The van der Waals surface area contributed by atoms with E-state index in [1.54, 1.807) is 12.1 Å². The van der Waals surface area contributed by atoms with Crippen LogP contribution in [-0.4, -0.2) is 10.6 Å². The molecule has 3 heteroatoms. The lowest BCUT2D eigenvalue weighted by Gasteiger charge is -2.17. The number of aryl methyl sites for hydroxylation is 1. The van der Waals surface area contributed by atoms with E-state index in [2.05, 4.69) is 15.9 Å². The molecule has 15 heavy (non-hydrogen) atoms. The monoisotopic (exact) mass is 272 g/mol. The molecule has 1 rings (SSSR count). The largest absolute Gasteiger partial charge is 0.299 e. The van der Waals surface area contributed by atoms with Crippen molar-refractivity contribution in [2.75, 3.05) is 0 Å². The van der Waals surface area contributed by atoms with E-state index >= 15 is 0 Å². The van der Waals surface area contributed by atoms with Crippen molar-refractivity contribution in [2.45, 2.75) is 31.5 Å². The van der Waals surface area contributed by atoms with E-state index in [0.717, 1.165) is 5.56 Å². The first kappa shape index (κ1) is 12.4. The Hall–Kier alpha value is -0.700. The van der Waals surface area contributed by atoms with Crippen LogP contribution < -0.4 is 0 Å². The van der Waals surface area contributed by atoms with Crippen LogP contribution in [0.15, 0.2) is 18.2 Å². The summed E-state index contributed by atoms with van der Waals surface area (Å²) in [6.07, 6.45) is 0. The Labute approximate surface area is 97.8 Å². The van der Waals surface area contributed by atoms with E-state index < -0.39 is 0 Å². The minimum absolute atomic E-state index is 0.0170. The lowest BCUT2D eigenvalue weighted by Crippen LogP contribution is -2.18. The van der Waals surface area contributed by atoms with Gasteiger partial charge in [-0.05, 0) is 25.5 Å². The lowest BCUT2D eigenvalue weighted by molar-refractivity contribution is -0.116. The second kappa shape index (κ2) is 4.88. The number of halogens is 2. The Morgan fingerprint density at radius 2 is 2.07 bits per heavy atom. The molecule has 0 spiro atoms. The van der Waals surface area contributed by atoms with E-state index in [9.17, 15) is 9.18 Å². The molecule has 0 aliphatic carbocycles. The van der Waals surface area contributed by atoms with Crippen molar-refractivity contribution in [1.82, 2.24) is 0 Å². The molecule has 0 amide bonds. The summed E-state index contributed by atoms with van der Waals surface area (Å²) >= 11 is 3.29. The van der Waals surface area contributed by atoms with Gasteiger partial charge in [-0.1, -0.05) is 40.5 Å². The number of carbonyl (C=O) groups excluding carboxylic acids is 1. The van der Waals surface area contributed by atoms with E-state index in [-0.39, 0.29) is 22.3 Å². The van der Waals surface area contributed by atoms with Crippen LogP contribution in [0.3, 0.4) is 0 Å². The first-order valence-corrected chi connectivity index (χ1v) is 5.75. The van der Waals surface area contributed by atoms with E-state index in [1.807, 2.05) is 13.8 Å². The van der Waals surface area contributed by atoms with Crippen LogP contribution in [0, 0.1) is 12.7 Å². The summed E-state index contributed by atoms with van der Waals surface area (Å²) in [6, 6.07) is 4.96. The molecule has 0 fully saturated rings. The van der Waals surface area contributed by atoms with Crippen molar-refractivity contribution in [3.05, 3.63) is 35.1 Å². The molecular weight excluding hydrogens is 259 g/mol. The summed E-state index contributed by atoms with van der Waals surface area (Å²) in [5.74, 6) is -0.385. The number of Topliss-reactive ketones (excluding diaryl/α,β-unsaturated/α-hetero) is 1. The first-order chi connectivity index (χ1) is 6.93. The number of ketones is 1. The molecule has 0 saturated carbocycles. The maximum atomic E-state index is 13.5. The standard InChI is InChI=1S/C12H14BrFO/c1-7-4-5-11(14)10(6-7)8(2)12(13)9(3)15/h4-6,8,12H,1-3H3. The highest BCUT2D eigenvalue weighted by molar-refractivity contribution is 9.10. The Morgan fingerprint density at radius 3 is 2.60 bits per heavy atom. The quantitative estimate of drug-likeness (QED) is 0.769. The van der Waals surface area contributed by atoms with E-state index in [4.69, 9.17) is 0 Å². The first-order valence-electron chi connectivity index (χ1n) is 4.84. The van der Waals surface area contributed by atoms with Crippen LogP contribution in [0.4, 0.5) is 4.39 Å². The summed E-state index contributed by atoms with van der Waals surface area (Å²) in [5.41, 5.74) is 1.59. The highest BCUT2D eigenvalue weighted by Gasteiger charge is 2.22. The third-order valence-electron chi connectivity index (χ3n) is 2.47. The van der Waals surface area contributed by atoms with Crippen molar-refractivity contribution in [3.63, 3.8) is 0 Å². The summed E-state index contributed by atoms with van der Waals surface area (Å²) < 4.78 is 13.5. The van der Waals surface area contributed by atoms with Crippen LogP contribution in [0.25, 0.3) is 0 Å². The van der Waals surface area contributed by atoms with Gasteiger partial charge in [-0.25, -0.2) is 4.39 Å². The molecule has 1 aromatic carbocycles. The fraction of sp³-hybridized carbons (Fsp3) is 0.417. The predicted molar refractivity (Wildman–Crippen MR) is 62.9 cm³/mol. The van der Waals surface area contributed by atoms with Crippen LogP contribution in [0.1, 0.15) is 30.9 Å². The maximum absolute atomic E-state index is 13.5. The van der Waals surface area contributed by atoms with Gasteiger partial charge in [-0.2, -0.15) is 0 Å². The highest BCUT2D eigenvalue weighted by Crippen LogP contribution is 2.28. The second-order valence-corrected chi connectivity index (χ2v) is 4.81. The molecule has 0 aliphatic rings. The molecule has 0 saturated heterocycles. The summed E-state index contributed by atoms with van der Waals surface area (Å²) in [6.45, 7) is 5.26. The molecule has 0 bridgehead atoms. The molecule has 0 aromatic heterocycles.